The van der Waals surface area contributed by atoms with Crippen molar-refractivity contribution in [3.05, 3.63) is 102 Å². The standard InChI is InChI=1S/C32H32IN5O8S/c1-4-43-26-15-21(14-24(33)30(26)46-17-20-9-8-10-22(13-20)38(41)42)16-34-37-27(39)18-45-25-12-7-6-11-23(25)29-28(31(40)44-5-2)19(3)35-32(47)36-29/h6-16,29H,4-5,17-18H2,1-3H3,(H,37,39)(H2,35,36,47)/t29-/m0/s1. The number of nitro groups is 1. The van der Waals surface area contributed by atoms with Crippen LogP contribution in [0, 0.1) is 13.7 Å². The number of nitrogens with zero attached hydrogens (tertiary/aromatic N) is 2. The van der Waals surface area contributed by atoms with Crippen molar-refractivity contribution < 1.29 is 33.5 Å². The highest BCUT2D eigenvalue weighted by molar-refractivity contribution is 14.1. The third-order valence-corrected chi connectivity index (χ3v) is 7.61. The molecule has 3 aromatic rings. The van der Waals surface area contributed by atoms with Crippen molar-refractivity contribution in [1.29, 1.82) is 0 Å². The Balaban J connectivity index is 1.41. The number of amides is 1. The molecule has 0 bridgehead atoms. The zero-order chi connectivity index (χ0) is 33.9. The SMILES string of the molecule is CCOC(=O)C1=C(C)NC(=S)N[C@H]1c1ccccc1OCC(=O)NN=Cc1cc(I)c(OCc2cccc([N+](=O)[O-])c2)c(OCC)c1. The van der Waals surface area contributed by atoms with E-state index in [1.165, 1.54) is 18.3 Å². The number of para-hydroxylation sites is 1. The zero-order valence-electron chi connectivity index (χ0n) is 25.7. The van der Waals surface area contributed by atoms with Crippen LogP contribution in [0.25, 0.3) is 0 Å². The first-order chi connectivity index (χ1) is 22.6. The Morgan fingerprint density at radius 1 is 1.06 bits per heavy atom. The van der Waals surface area contributed by atoms with Crippen molar-refractivity contribution in [3.8, 4) is 17.2 Å². The van der Waals surface area contributed by atoms with E-state index in [0.717, 1.165) is 0 Å². The van der Waals surface area contributed by atoms with Gasteiger partial charge in [-0.1, -0.05) is 30.3 Å². The minimum absolute atomic E-state index is 0.0205. The van der Waals surface area contributed by atoms with E-state index >= 15 is 0 Å². The molecule has 0 saturated heterocycles. The van der Waals surface area contributed by atoms with Crippen LogP contribution in [0.15, 0.2) is 77.0 Å². The molecule has 3 N–H and O–H groups in total. The molecule has 1 amide bonds. The molecule has 13 nitrogen and oxygen atoms in total. The Hall–Kier alpha value is -4.77. The summed E-state index contributed by atoms with van der Waals surface area (Å²) in [5, 5.41) is 21.5. The predicted molar refractivity (Wildman–Crippen MR) is 186 cm³/mol. The molecular formula is C32H32IN5O8S. The molecule has 0 saturated carbocycles. The maximum Gasteiger partial charge on any atom is 0.338 e. The number of hydrazone groups is 1. The lowest BCUT2D eigenvalue weighted by Crippen LogP contribution is -2.45. The first kappa shape index (κ1) is 35.1. The molecule has 0 fully saturated rings. The molecule has 1 heterocycles. The van der Waals surface area contributed by atoms with Crippen LogP contribution in [0.5, 0.6) is 17.2 Å². The van der Waals surface area contributed by atoms with Gasteiger partial charge < -0.3 is 29.6 Å². The van der Waals surface area contributed by atoms with Gasteiger partial charge in [0.05, 0.1) is 39.5 Å². The molecule has 1 aliphatic rings. The maximum absolute atomic E-state index is 12.8. The molecule has 15 heteroatoms. The summed E-state index contributed by atoms with van der Waals surface area (Å²) in [6, 6.07) is 16.1. The van der Waals surface area contributed by atoms with E-state index in [-0.39, 0.29) is 25.5 Å². The van der Waals surface area contributed by atoms with Crippen molar-refractivity contribution in [2.45, 2.75) is 33.4 Å². The number of rotatable bonds is 14. The fourth-order valence-corrected chi connectivity index (χ4v) is 5.64. The van der Waals surface area contributed by atoms with Gasteiger partial charge in [-0.05, 0) is 84.9 Å². The highest BCUT2D eigenvalue weighted by atomic mass is 127. The van der Waals surface area contributed by atoms with Gasteiger partial charge in [0.25, 0.3) is 11.6 Å². The summed E-state index contributed by atoms with van der Waals surface area (Å²) < 4.78 is 23.6. The lowest BCUT2D eigenvalue weighted by atomic mass is 9.95. The summed E-state index contributed by atoms with van der Waals surface area (Å²) in [6.07, 6.45) is 1.46. The minimum atomic E-state index is -0.653. The quantitative estimate of drug-likeness (QED) is 0.0502. The Morgan fingerprint density at radius 2 is 1.85 bits per heavy atom. The summed E-state index contributed by atoms with van der Waals surface area (Å²) in [5.41, 5.74) is 5.21. The summed E-state index contributed by atoms with van der Waals surface area (Å²) in [7, 11) is 0. The van der Waals surface area contributed by atoms with Crippen molar-refractivity contribution in [2.24, 2.45) is 5.10 Å². The van der Waals surface area contributed by atoms with Crippen molar-refractivity contribution >= 4 is 63.7 Å². The smallest absolute Gasteiger partial charge is 0.338 e. The normalized spacial score (nSPS) is 14.2. The predicted octanol–water partition coefficient (Wildman–Crippen LogP) is 5.06. The number of benzene rings is 3. The van der Waals surface area contributed by atoms with Crippen LogP contribution in [0.1, 0.15) is 43.5 Å². The van der Waals surface area contributed by atoms with Gasteiger partial charge in [-0.15, -0.1) is 0 Å². The number of nitrogens with one attached hydrogen (secondary N) is 3. The number of non-ortho nitro benzene ring substituents is 1. The average molecular weight is 774 g/mol. The molecular weight excluding hydrogens is 741 g/mol. The number of carbonyl (C=O) groups is 2. The molecule has 47 heavy (non-hydrogen) atoms. The van der Waals surface area contributed by atoms with Crippen molar-refractivity contribution in [3.63, 3.8) is 0 Å². The zero-order valence-corrected chi connectivity index (χ0v) is 28.7. The van der Waals surface area contributed by atoms with Crippen LogP contribution >= 0.6 is 34.8 Å². The first-order valence-corrected chi connectivity index (χ1v) is 15.9. The van der Waals surface area contributed by atoms with Crippen LogP contribution in [-0.4, -0.2) is 47.9 Å². The van der Waals surface area contributed by atoms with Crippen molar-refractivity contribution in [1.82, 2.24) is 16.1 Å². The fraction of sp³-hybridized carbons (Fsp3) is 0.250. The van der Waals surface area contributed by atoms with Gasteiger partial charge in [0, 0.05) is 23.4 Å². The number of halogens is 1. The second-order valence-corrected chi connectivity index (χ2v) is 11.5. The van der Waals surface area contributed by atoms with E-state index in [1.807, 2.05) is 6.92 Å². The lowest BCUT2D eigenvalue weighted by Gasteiger charge is -2.30. The Kier molecular flexibility index (Phi) is 12.5. The van der Waals surface area contributed by atoms with Crippen LogP contribution in [0.3, 0.4) is 0 Å². The van der Waals surface area contributed by atoms with Gasteiger partial charge in [0.2, 0.25) is 0 Å². The number of nitro benzene ring substituents is 1. The third kappa shape index (κ3) is 9.38. The number of carbonyl (C=O) groups excluding carboxylic acids is 2. The minimum Gasteiger partial charge on any atom is -0.490 e. The summed E-state index contributed by atoms with van der Waals surface area (Å²) in [4.78, 5) is 36.1. The number of esters is 1. The largest absolute Gasteiger partial charge is 0.490 e. The molecule has 3 aromatic carbocycles. The molecule has 4 rings (SSSR count). The number of allylic oxidation sites excluding steroid dienone is 1. The molecule has 0 radical (unpaired) electrons. The van der Waals surface area contributed by atoms with Gasteiger partial charge in [-0.3, -0.25) is 14.9 Å². The van der Waals surface area contributed by atoms with Crippen LogP contribution < -0.4 is 30.3 Å². The monoisotopic (exact) mass is 773 g/mol. The summed E-state index contributed by atoms with van der Waals surface area (Å²) in [6.45, 7) is 5.62. The molecule has 1 atom stereocenters. The van der Waals surface area contributed by atoms with E-state index in [2.05, 4.69) is 43.8 Å². The topological polar surface area (TPSA) is 163 Å². The van der Waals surface area contributed by atoms with Crippen LogP contribution in [0.2, 0.25) is 0 Å². The van der Waals surface area contributed by atoms with Crippen molar-refractivity contribution in [2.75, 3.05) is 19.8 Å². The van der Waals surface area contributed by atoms with Crippen LogP contribution in [-0.2, 0) is 20.9 Å². The average Bonchev–Trinajstić information content (AvgIpc) is 3.03. The van der Waals surface area contributed by atoms with Gasteiger partial charge >= 0.3 is 5.97 Å². The number of ether oxygens (including phenoxy) is 4. The van der Waals surface area contributed by atoms with Gasteiger partial charge in [0.1, 0.15) is 12.4 Å². The second kappa shape index (κ2) is 16.7. The van der Waals surface area contributed by atoms with E-state index in [1.54, 1.807) is 62.4 Å². The molecule has 1 aliphatic heterocycles. The maximum atomic E-state index is 12.8. The molecule has 0 spiro atoms. The highest BCUT2D eigenvalue weighted by Crippen LogP contribution is 2.35. The van der Waals surface area contributed by atoms with Crippen LogP contribution in [0.4, 0.5) is 5.69 Å². The molecule has 0 aliphatic carbocycles. The lowest BCUT2D eigenvalue weighted by molar-refractivity contribution is -0.384. The second-order valence-electron chi connectivity index (χ2n) is 9.89. The van der Waals surface area contributed by atoms with E-state index in [9.17, 15) is 19.7 Å². The third-order valence-electron chi connectivity index (χ3n) is 6.59. The highest BCUT2D eigenvalue weighted by Gasteiger charge is 2.32. The van der Waals surface area contributed by atoms with E-state index in [4.69, 9.17) is 31.2 Å². The Morgan fingerprint density at radius 3 is 2.60 bits per heavy atom. The van der Waals surface area contributed by atoms with Gasteiger partial charge in [-0.2, -0.15) is 5.10 Å². The Bertz CT molecular complexity index is 1730. The molecule has 0 aromatic heterocycles. The van der Waals surface area contributed by atoms with E-state index < -0.39 is 22.8 Å². The number of hydrogen-bond donors (Lipinski definition) is 3. The van der Waals surface area contributed by atoms with Gasteiger partial charge in [0.15, 0.2) is 23.2 Å². The number of hydrogen-bond acceptors (Lipinski definition) is 10. The first-order valence-electron chi connectivity index (χ1n) is 14.4. The van der Waals surface area contributed by atoms with E-state index in [0.29, 0.717) is 60.5 Å². The molecule has 0 unspecified atom stereocenters. The Labute approximate surface area is 290 Å². The number of thiocarbonyl (C=S) groups is 1. The summed E-state index contributed by atoms with van der Waals surface area (Å²) >= 11 is 7.42. The molecule has 246 valence electrons. The summed E-state index contributed by atoms with van der Waals surface area (Å²) in [5.74, 6) is 0.296. The fourth-order valence-electron chi connectivity index (χ4n) is 4.59. The van der Waals surface area contributed by atoms with Gasteiger partial charge in [-0.25, -0.2) is 10.2 Å².